The molecular formula is C13H17NO3. The second kappa shape index (κ2) is 4.75. The highest BCUT2D eigenvalue weighted by atomic mass is 16.6. The van der Waals surface area contributed by atoms with Gasteiger partial charge < -0.3 is 15.2 Å². The molecule has 2 unspecified atom stereocenters. The second-order valence-corrected chi connectivity index (χ2v) is 4.55. The van der Waals surface area contributed by atoms with E-state index in [4.69, 9.17) is 4.74 Å². The molecule has 92 valence electrons. The zero-order valence-electron chi connectivity index (χ0n) is 10.0. The number of carbonyl (C=O) groups excluding carboxylic acids is 1. The molecule has 2 N–H and O–H groups in total. The first kappa shape index (κ1) is 11.9. The Balaban J connectivity index is 2.09. The maximum absolute atomic E-state index is 11.5. The van der Waals surface area contributed by atoms with Crippen molar-refractivity contribution in [3.63, 3.8) is 0 Å². The molecule has 0 aliphatic heterocycles. The fraction of sp³-hybridized carbons (Fsp3) is 0.462. The number of alkyl carbamates (subject to hydrolysis) is 1. The molecule has 1 aromatic rings. The predicted molar refractivity (Wildman–Crippen MR) is 63.6 cm³/mol. The summed E-state index contributed by atoms with van der Waals surface area (Å²) in [5.41, 5.74) is 2.05. The number of carbonyl (C=O) groups is 1. The minimum Gasteiger partial charge on any atom is -0.447 e. The van der Waals surface area contributed by atoms with Crippen LogP contribution in [-0.4, -0.2) is 23.4 Å². The lowest BCUT2D eigenvalue weighted by Gasteiger charge is -2.18. The van der Waals surface area contributed by atoms with Gasteiger partial charge in [0.15, 0.2) is 0 Å². The van der Waals surface area contributed by atoms with Crippen molar-refractivity contribution in [3.8, 4) is 0 Å². The summed E-state index contributed by atoms with van der Waals surface area (Å²) in [6.07, 6.45) is -0.653. The molecule has 0 heterocycles. The smallest absolute Gasteiger partial charge is 0.407 e. The van der Waals surface area contributed by atoms with Crippen molar-refractivity contribution in [3.05, 3.63) is 35.4 Å². The van der Waals surface area contributed by atoms with Gasteiger partial charge in [-0.05, 0) is 25.0 Å². The van der Waals surface area contributed by atoms with Gasteiger partial charge >= 0.3 is 6.09 Å². The van der Waals surface area contributed by atoms with Gasteiger partial charge in [-0.15, -0.1) is 0 Å². The topological polar surface area (TPSA) is 58.6 Å². The van der Waals surface area contributed by atoms with E-state index in [9.17, 15) is 9.90 Å². The highest BCUT2D eigenvalue weighted by molar-refractivity contribution is 5.68. The van der Waals surface area contributed by atoms with Gasteiger partial charge in [0.2, 0.25) is 0 Å². The van der Waals surface area contributed by atoms with E-state index in [1.165, 1.54) is 0 Å². The molecule has 1 amide bonds. The minimum atomic E-state index is -0.577. The number of benzene rings is 1. The van der Waals surface area contributed by atoms with Crippen LogP contribution in [0.3, 0.4) is 0 Å². The molecule has 0 saturated carbocycles. The van der Waals surface area contributed by atoms with E-state index < -0.39 is 12.2 Å². The Hall–Kier alpha value is -1.55. The first-order valence-electron chi connectivity index (χ1n) is 5.81. The van der Waals surface area contributed by atoms with Crippen molar-refractivity contribution in [2.45, 2.75) is 38.5 Å². The number of hydrogen-bond donors (Lipinski definition) is 2. The van der Waals surface area contributed by atoms with Crippen LogP contribution in [0.2, 0.25) is 0 Å². The number of amides is 1. The summed E-state index contributed by atoms with van der Waals surface area (Å²) < 4.78 is 5.01. The van der Waals surface area contributed by atoms with Gasteiger partial charge in [-0.3, -0.25) is 0 Å². The quantitative estimate of drug-likeness (QED) is 0.821. The van der Waals surface area contributed by atoms with E-state index in [-0.39, 0.29) is 12.1 Å². The van der Waals surface area contributed by atoms with Crippen LogP contribution in [0.4, 0.5) is 4.79 Å². The molecule has 0 bridgehead atoms. The molecule has 4 heteroatoms. The maximum atomic E-state index is 11.5. The van der Waals surface area contributed by atoms with E-state index in [2.05, 4.69) is 5.32 Å². The number of aliphatic hydroxyl groups excluding tert-OH is 1. The van der Waals surface area contributed by atoms with E-state index in [0.717, 1.165) is 11.1 Å². The fourth-order valence-electron chi connectivity index (χ4n) is 2.12. The molecule has 4 nitrogen and oxygen atoms in total. The summed E-state index contributed by atoms with van der Waals surface area (Å²) in [5, 5.41) is 12.6. The van der Waals surface area contributed by atoms with E-state index in [1.807, 2.05) is 24.3 Å². The Morgan fingerprint density at radius 1 is 1.47 bits per heavy atom. The van der Waals surface area contributed by atoms with Gasteiger partial charge in [0.05, 0.1) is 18.2 Å². The van der Waals surface area contributed by atoms with Crippen molar-refractivity contribution < 1.29 is 14.6 Å². The van der Waals surface area contributed by atoms with Crippen LogP contribution in [0.1, 0.15) is 31.0 Å². The third kappa shape index (κ3) is 2.58. The maximum Gasteiger partial charge on any atom is 0.407 e. The summed E-state index contributed by atoms with van der Waals surface area (Å²) in [7, 11) is 0. The molecule has 0 saturated heterocycles. The minimum absolute atomic E-state index is 0.163. The second-order valence-electron chi connectivity index (χ2n) is 4.55. The lowest BCUT2D eigenvalue weighted by molar-refractivity contribution is 0.0939. The van der Waals surface area contributed by atoms with Crippen LogP contribution >= 0.6 is 0 Å². The molecule has 0 fully saturated rings. The Morgan fingerprint density at radius 3 is 2.88 bits per heavy atom. The zero-order chi connectivity index (χ0) is 12.4. The Bertz CT molecular complexity index is 417. The van der Waals surface area contributed by atoms with Crippen molar-refractivity contribution in [2.75, 3.05) is 0 Å². The average molecular weight is 235 g/mol. The predicted octanol–water partition coefficient (Wildman–Crippen LogP) is 1.78. The molecule has 1 aliphatic rings. The summed E-state index contributed by atoms with van der Waals surface area (Å²) in [5.74, 6) is 0. The standard InChI is InChI=1S/C13H17NO3/c1-8(2)17-13(16)14-12-10-6-4-3-5-9(10)7-11(12)15/h3-6,8,11-12,15H,7H2,1-2H3,(H,14,16). The molecule has 2 atom stereocenters. The summed E-state index contributed by atoms with van der Waals surface area (Å²) in [6.45, 7) is 3.58. The van der Waals surface area contributed by atoms with Crippen LogP contribution < -0.4 is 5.32 Å². The van der Waals surface area contributed by atoms with Gasteiger partial charge in [0.1, 0.15) is 0 Å². The van der Waals surface area contributed by atoms with Crippen molar-refractivity contribution >= 4 is 6.09 Å². The normalized spacial score (nSPS) is 22.4. The average Bonchev–Trinajstić information content (AvgIpc) is 2.55. The first-order chi connectivity index (χ1) is 8.08. The number of fused-ring (bicyclic) bond motifs is 1. The third-order valence-electron chi connectivity index (χ3n) is 2.82. The van der Waals surface area contributed by atoms with Crippen molar-refractivity contribution in [1.82, 2.24) is 5.32 Å². The van der Waals surface area contributed by atoms with E-state index >= 15 is 0 Å². The molecular weight excluding hydrogens is 218 g/mol. The summed E-state index contributed by atoms with van der Waals surface area (Å²) in [4.78, 5) is 11.5. The van der Waals surface area contributed by atoms with Crippen LogP contribution in [-0.2, 0) is 11.2 Å². The number of nitrogens with one attached hydrogen (secondary N) is 1. The largest absolute Gasteiger partial charge is 0.447 e. The fourth-order valence-corrected chi connectivity index (χ4v) is 2.12. The SMILES string of the molecule is CC(C)OC(=O)NC1c2ccccc2CC1O. The van der Waals surface area contributed by atoms with E-state index in [1.54, 1.807) is 13.8 Å². The Morgan fingerprint density at radius 2 is 2.18 bits per heavy atom. The monoisotopic (exact) mass is 235 g/mol. The van der Waals surface area contributed by atoms with Crippen LogP contribution in [0.15, 0.2) is 24.3 Å². The Kier molecular flexibility index (Phi) is 3.33. The molecule has 1 aliphatic carbocycles. The number of hydrogen-bond acceptors (Lipinski definition) is 3. The summed E-state index contributed by atoms with van der Waals surface area (Å²) in [6, 6.07) is 7.36. The molecule has 0 radical (unpaired) electrons. The van der Waals surface area contributed by atoms with Gasteiger partial charge in [0, 0.05) is 6.42 Å². The number of aliphatic hydroxyl groups is 1. The van der Waals surface area contributed by atoms with Crippen LogP contribution in [0.25, 0.3) is 0 Å². The number of rotatable bonds is 2. The van der Waals surface area contributed by atoms with Gasteiger partial charge in [0.25, 0.3) is 0 Å². The molecule has 2 rings (SSSR count). The van der Waals surface area contributed by atoms with Gasteiger partial charge in [-0.1, -0.05) is 24.3 Å². The van der Waals surface area contributed by atoms with Gasteiger partial charge in [-0.25, -0.2) is 4.79 Å². The van der Waals surface area contributed by atoms with Crippen molar-refractivity contribution in [1.29, 1.82) is 0 Å². The highest BCUT2D eigenvalue weighted by Crippen LogP contribution is 2.31. The summed E-state index contributed by atoms with van der Waals surface area (Å²) >= 11 is 0. The molecule has 0 spiro atoms. The third-order valence-corrected chi connectivity index (χ3v) is 2.82. The molecule has 1 aromatic carbocycles. The van der Waals surface area contributed by atoms with E-state index in [0.29, 0.717) is 6.42 Å². The van der Waals surface area contributed by atoms with Crippen LogP contribution in [0, 0.1) is 0 Å². The van der Waals surface area contributed by atoms with Crippen molar-refractivity contribution in [2.24, 2.45) is 0 Å². The zero-order valence-corrected chi connectivity index (χ0v) is 10.0. The first-order valence-corrected chi connectivity index (χ1v) is 5.81. The molecule has 0 aromatic heterocycles. The number of ether oxygens (including phenoxy) is 1. The lowest BCUT2D eigenvalue weighted by Crippen LogP contribution is -2.35. The Labute approximate surface area is 101 Å². The molecule has 17 heavy (non-hydrogen) atoms. The van der Waals surface area contributed by atoms with Gasteiger partial charge in [-0.2, -0.15) is 0 Å². The highest BCUT2D eigenvalue weighted by Gasteiger charge is 2.32. The lowest BCUT2D eigenvalue weighted by atomic mass is 10.1. The van der Waals surface area contributed by atoms with Crippen LogP contribution in [0.5, 0.6) is 0 Å².